The van der Waals surface area contributed by atoms with E-state index in [4.69, 9.17) is 22.1 Å². The van der Waals surface area contributed by atoms with Crippen molar-refractivity contribution in [1.29, 1.82) is 0 Å². The summed E-state index contributed by atoms with van der Waals surface area (Å²) in [6.45, 7) is 6.28. The molecule has 0 bridgehead atoms. The molecule has 1 saturated heterocycles. The Balaban J connectivity index is 2.12. The molecule has 0 spiro atoms. The molecule has 0 saturated carbocycles. The molecule has 4 heteroatoms. The Hall–Kier alpha value is -0.640. The lowest BCUT2D eigenvalue weighted by Crippen LogP contribution is -2.39. The zero-order valence-electron chi connectivity index (χ0n) is 11.6. The highest BCUT2D eigenvalue weighted by atomic mass is 35.5. The Morgan fingerprint density at radius 2 is 2.00 bits per heavy atom. The van der Waals surface area contributed by atoms with Crippen LogP contribution in [-0.4, -0.2) is 18.2 Å². The molecule has 2 rings (SSSR count). The number of nitrogens with two attached hydrogens (primary N) is 1. The first-order valence-electron chi connectivity index (χ1n) is 6.75. The van der Waals surface area contributed by atoms with Crippen LogP contribution in [0.2, 0.25) is 5.02 Å². The van der Waals surface area contributed by atoms with E-state index in [0.717, 1.165) is 5.56 Å². The predicted octanol–water partition coefficient (Wildman–Crippen LogP) is 3.41. The highest BCUT2D eigenvalue weighted by molar-refractivity contribution is 6.31. The van der Waals surface area contributed by atoms with Gasteiger partial charge in [0.1, 0.15) is 5.82 Å². The monoisotopic (exact) mass is 285 g/mol. The van der Waals surface area contributed by atoms with E-state index in [1.807, 2.05) is 0 Å². The van der Waals surface area contributed by atoms with Gasteiger partial charge in [0, 0.05) is 17.0 Å². The number of hydrogen-bond donors (Lipinski definition) is 1. The number of hydrogen-bond acceptors (Lipinski definition) is 2. The van der Waals surface area contributed by atoms with Crippen LogP contribution in [0.3, 0.4) is 0 Å². The molecule has 5 atom stereocenters. The number of ether oxygens (including phenoxy) is 1. The quantitative estimate of drug-likeness (QED) is 0.924. The minimum atomic E-state index is -0.274. The first-order valence-corrected chi connectivity index (χ1v) is 7.13. The van der Waals surface area contributed by atoms with Gasteiger partial charge in [0.2, 0.25) is 0 Å². The summed E-state index contributed by atoms with van der Waals surface area (Å²) >= 11 is 6.09. The van der Waals surface area contributed by atoms with Gasteiger partial charge in [0.25, 0.3) is 0 Å². The number of rotatable bonds is 3. The summed E-state index contributed by atoms with van der Waals surface area (Å²) in [5.74, 6) is 0.399. The summed E-state index contributed by atoms with van der Waals surface area (Å²) in [6.07, 6.45) is 0.924. The van der Waals surface area contributed by atoms with Gasteiger partial charge >= 0.3 is 0 Å². The topological polar surface area (TPSA) is 35.2 Å². The van der Waals surface area contributed by atoms with Crippen molar-refractivity contribution in [3.05, 3.63) is 34.6 Å². The molecule has 1 heterocycles. The molecule has 1 aromatic carbocycles. The Morgan fingerprint density at radius 1 is 1.32 bits per heavy atom. The second-order valence-electron chi connectivity index (χ2n) is 5.59. The molecule has 0 amide bonds. The molecule has 1 fully saturated rings. The zero-order chi connectivity index (χ0) is 14.2. The molecule has 5 unspecified atom stereocenters. The van der Waals surface area contributed by atoms with Crippen molar-refractivity contribution in [2.75, 3.05) is 0 Å². The molecule has 106 valence electrons. The second kappa shape index (κ2) is 5.78. The van der Waals surface area contributed by atoms with E-state index in [2.05, 4.69) is 20.8 Å². The molecule has 2 nitrogen and oxygen atoms in total. The van der Waals surface area contributed by atoms with E-state index in [-0.39, 0.29) is 30.0 Å². The minimum absolute atomic E-state index is 0.0748. The maximum atomic E-state index is 13.3. The highest BCUT2D eigenvalue weighted by Gasteiger charge is 2.40. The maximum Gasteiger partial charge on any atom is 0.123 e. The smallest absolute Gasteiger partial charge is 0.123 e. The van der Waals surface area contributed by atoms with Gasteiger partial charge in [-0.1, -0.05) is 18.5 Å². The van der Waals surface area contributed by atoms with Crippen molar-refractivity contribution in [2.45, 2.75) is 45.4 Å². The SMILES string of the molecule is CC1OC(C)C(C(N)Cc2cc(F)ccc2Cl)C1C. The molecule has 1 aromatic rings. The average Bonchev–Trinajstić information content (AvgIpc) is 2.58. The van der Waals surface area contributed by atoms with Crippen LogP contribution in [0.4, 0.5) is 4.39 Å². The normalized spacial score (nSPS) is 32.5. The third-order valence-corrected chi connectivity index (χ3v) is 4.65. The van der Waals surface area contributed by atoms with Gasteiger partial charge in [0.05, 0.1) is 12.2 Å². The summed E-state index contributed by atoms with van der Waals surface area (Å²) in [7, 11) is 0. The first kappa shape index (κ1) is 14.8. The largest absolute Gasteiger partial charge is 0.375 e. The average molecular weight is 286 g/mol. The predicted molar refractivity (Wildman–Crippen MR) is 75.8 cm³/mol. The van der Waals surface area contributed by atoms with Gasteiger partial charge in [-0.15, -0.1) is 0 Å². The van der Waals surface area contributed by atoms with Crippen LogP contribution >= 0.6 is 11.6 Å². The van der Waals surface area contributed by atoms with Crippen molar-refractivity contribution >= 4 is 11.6 Å². The van der Waals surface area contributed by atoms with E-state index in [0.29, 0.717) is 17.4 Å². The standard InChI is InChI=1S/C15H21ClFNO/c1-8-9(2)19-10(3)15(8)14(18)7-11-6-12(17)4-5-13(11)16/h4-6,8-10,14-15H,7,18H2,1-3H3. The third kappa shape index (κ3) is 3.10. The maximum absolute atomic E-state index is 13.3. The highest BCUT2D eigenvalue weighted by Crippen LogP contribution is 2.35. The van der Waals surface area contributed by atoms with Crippen molar-refractivity contribution < 1.29 is 9.13 Å². The van der Waals surface area contributed by atoms with Crippen LogP contribution in [0.25, 0.3) is 0 Å². The van der Waals surface area contributed by atoms with Crippen LogP contribution in [0.15, 0.2) is 18.2 Å². The van der Waals surface area contributed by atoms with Crippen molar-refractivity contribution in [2.24, 2.45) is 17.6 Å². The van der Waals surface area contributed by atoms with Crippen LogP contribution in [0.1, 0.15) is 26.3 Å². The van der Waals surface area contributed by atoms with Gasteiger partial charge < -0.3 is 10.5 Å². The molecular weight excluding hydrogens is 265 g/mol. The Kier molecular flexibility index (Phi) is 4.49. The van der Waals surface area contributed by atoms with E-state index in [9.17, 15) is 4.39 Å². The Labute approximate surface area is 119 Å². The molecule has 19 heavy (non-hydrogen) atoms. The zero-order valence-corrected chi connectivity index (χ0v) is 12.3. The van der Waals surface area contributed by atoms with Crippen LogP contribution < -0.4 is 5.73 Å². The van der Waals surface area contributed by atoms with Gasteiger partial charge in [-0.2, -0.15) is 0 Å². The fourth-order valence-electron chi connectivity index (χ4n) is 3.12. The minimum Gasteiger partial charge on any atom is -0.375 e. The van der Waals surface area contributed by atoms with Gasteiger partial charge in [-0.3, -0.25) is 0 Å². The van der Waals surface area contributed by atoms with E-state index in [1.54, 1.807) is 6.07 Å². The molecule has 1 aliphatic rings. The van der Waals surface area contributed by atoms with Crippen LogP contribution in [-0.2, 0) is 11.2 Å². The fourth-order valence-corrected chi connectivity index (χ4v) is 3.32. The van der Waals surface area contributed by atoms with Gasteiger partial charge in [0.15, 0.2) is 0 Å². The summed E-state index contributed by atoms with van der Waals surface area (Å²) in [6, 6.07) is 4.34. The van der Waals surface area contributed by atoms with Gasteiger partial charge in [-0.05, 0) is 49.9 Å². The summed E-state index contributed by atoms with van der Waals surface area (Å²) < 4.78 is 19.1. The van der Waals surface area contributed by atoms with Crippen LogP contribution in [0, 0.1) is 17.7 Å². The summed E-state index contributed by atoms with van der Waals surface area (Å²) in [5.41, 5.74) is 7.08. The molecule has 1 aliphatic heterocycles. The summed E-state index contributed by atoms with van der Waals surface area (Å²) in [4.78, 5) is 0. The van der Waals surface area contributed by atoms with Crippen molar-refractivity contribution in [3.8, 4) is 0 Å². The molecule has 0 aliphatic carbocycles. The number of halogens is 2. The van der Waals surface area contributed by atoms with Crippen LogP contribution in [0.5, 0.6) is 0 Å². The van der Waals surface area contributed by atoms with Crippen molar-refractivity contribution in [1.82, 2.24) is 0 Å². The van der Waals surface area contributed by atoms with Crippen molar-refractivity contribution in [3.63, 3.8) is 0 Å². The fraction of sp³-hybridized carbons (Fsp3) is 0.600. The van der Waals surface area contributed by atoms with Gasteiger partial charge in [-0.25, -0.2) is 4.39 Å². The molecule has 0 aromatic heterocycles. The lowest BCUT2D eigenvalue weighted by molar-refractivity contribution is 0.0490. The van der Waals surface area contributed by atoms with E-state index < -0.39 is 0 Å². The lowest BCUT2D eigenvalue weighted by atomic mass is 9.81. The van der Waals surface area contributed by atoms with E-state index in [1.165, 1.54) is 12.1 Å². The van der Waals surface area contributed by atoms with E-state index >= 15 is 0 Å². The first-order chi connectivity index (χ1) is 8.90. The number of benzene rings is 1. The second-order valence-corrected chi connectivity index (χ2v) is 5.99. The Morgan fingerprint density at radius 3 is 2.58 bits per heavy atom. The summed E-state index contributed by atoms with van der Waals surface area (Å²) in [5, 5.41) is 0.573. The molecule has 2 N–H and O–H groups in total. The lowest BCUT2D eigenvalue weighted by Gasteiger charge is -2.26. The molecule has 0 radical (unpaired) electrons. The Bertz CT molecular complexity index is 454. The third-order valence-electron chi connectivity index (χ3n) is 4.28. The molecular formula is C15H21ClFNO.